The van der Waals surface area contributed by atoms with Gasteiger partial charge in [0.1, 0.15) is 11.9 Å². The average molecular weight is 350 g/mol. The molecule has 0 saturated heterocycles. The highest BCUT2D eigenvalue weighted by Crippen LogP contribution is 2.24. The van der Waals surface area contributed by atoms with Crippen LogP contribution in [0.4, 0.5) is 10.1 Å². The van der Waals surface area contributed by atoms with Gasteiger partial charge in [0.05, 0.1) is 17.3 Å². The maximum atomic E-state index is 13.7. The Morgan fingerprint density at radius 3 is 2.46 bits per heavy atom. The lowest BCUT2D eigenvalue weighted by Gasteiger charge is -2.18. The van der Waals surface area contributed by atoms with E-state index in [2.05, 4.69) is 16.0 Å². The molecule has 0 aliphatic heterocycles. The van der Waals surface area contributed by atoms with E-state index in [1.54, 1.807) is 24.3 Å². The Morgan fingerprint density at radius 2 is 1.83 bits per heavy atom. The topological polar surface area (TPSA) is 70.2 Å². The third-order valence-corrected chi connectivity index (χ3v) is 3.65. The Hall–Kier alpha value is -2.60. The molecule has 0 radical (unpaired) electrons. The van der Waals surface area contributed by atoms with Crippen LogP contribution >= 0.6 is 11.6 Å². The molecule has 0 bridgehead atoms. The molecular weight excluding hydrogens is 333 g/mol. The lowest BCUT2D eigenvalue weighted by atomic mass is 10.1. The molecule has 0 heterocycles. The van der Waals surface area contributed by atoms with E-state index in [1.807, 2.05) is 6.07 Å². The van der Waals surface area contributed by atoms with Gasteiger partial charge in [0.15, 0.2) is 0 Å². The second kappa shape index (κ2) is 8.31. The number of hydrogen-bond donors (Lipinski definition) is 3. The van der Waals surface area contributed by atoms with Gasteiger partial charge in [0.25, 0.3) is 0 Å². The minimum atomic E-state index is -0.832. The van der Waals surface area contributed by atoms with Crippen LogP contribution in [0.5, 0.6) is 0 Å². The molecule has 3 N–H and O–H groups in total. The van der Waals surface area contributed by atoms with E-state index in [-0.39, 0.29) is 23.2 Å². The molecule has 1 atom stereocenters. The van der Waals surface area contributed by atoms with Gasteiger partial charge in [0.2, 0.25) is 11.8 Å². The van der Waals surface area contributed by atoms with Crippen molar-refractivity contribution in [1.29, 1.82) is 0 Å². The van der Waals surface area contributed by atoms with E-state index >= 15 is 0 Å². The molecule has 0 saturated carbocycles. The van der Waals surface area contributed by atoms with Gasteiger partial charge < -0.3 is 16.0 Å². The first-order valence-corrected chi connectivity index (χ1v) is 7.64. The summed E-state index contributed by atoms with van der Waals surface area (Å²) in [4.78, 5) is 24.1. The minimum absolute atomic E-state index is 0.0468. The van der Waals surface area contributed by atoms with E-state index in [0.29, 0.717) is 5.56 Å². The zero-order chi connectivity index (χ0) is 17.5. The van der Waals surface area contributed by atoms with Crippen molar-refractivity contribution in [2.75, 3.05) is 18.9 Å². The van der Waals surface area contributed by atoms with Crippen molar-refractivity contribution >= 4 is 29.1 Å². The first-order chi connectivity index (χ1) is 11.5. The molecule has 2 amide bonds. The van der Waals surface area contributed by atoms with Crippen molar-refractivity contribution in [3.63, 3.8) is 0 Å². The molecule has 126 valence electrons. The van der Waals surface area contributed by atoms with Crippen LogP contribution in [0.1, 0.15) is 11.6 Å². The molecule has 5 nitrogen and oxygen atoms in total. The molecule has 2 aromatic rings. The normalized spacial score (nSPS) is 11.5. The van der Waals surface area contributed by atoms with Crippen LogP contribution < -0.4 is 16.0 Å². The Balaban J connectivity index is 2.05. The Labute approximate surface area is 144 Å². The first-order valence-electron chi connectivity index (χ1n) is 7.26. The van der Waals surface area contributed by atoms with Crippen molar-refractivity contribution < 1.29 is 14.0 Å². The number of anilines is 1. The molecule has 0 fully saturated rings. The summed E-state index contributed by atoms with van der Waals surface area (Å²) >= 11 is 5.89. The van der Waals surface area contributed by atoms with Crippen LogP contribution in [0.2, 0.25) is 5.02 Å². The van der Waals surface area contributed by atoms with Crippen molar-refractivity contribution in [2.24, 2.45) is 0 Å². The van der Waals surface area contributed by atoms with E-state index < -0.39 is 17.8 Å². The van der Waals surface area contributed by atoms with Gasteiger partial charge in [-0.15, -0.1) is 0 Å². The van der Waals surface area contributed by atoms with Crippen LogP contribution in [-0.4, -0.2) is 25.4 Å². The summed E-state index contributed by atoms with van der Waals surface area (Å²) in [6, 6.07) is 12.2. The van der Waals surface area contributed by atoms with Crippen LogP contribution in [-0.2, 0) is 9.59 Å². The largest absolute Gasteiger partial charge is 0.373 e. The molecular formula is C17H17ClFN3O2. The zero-order valence-corrected chi connectivity index (χ0v) is 13.7. The highest BCUT2D eigenvalue weighted by atomic mass is 35.5. The summed E-state index contributed by atoms with van der Waals surface area (Å²) in [6.07, 6.45) is 0. The zero-order valence-electron chi connectivity index (χ0n) is 13.0. The third kappa shape index (κ3) is 4.45. The molecule has 2 aromatic carbocycles. The fourth-order valence-corrected chi connectivity index (χ4v) is 2.37. The summed E-state index contributed by atoms with van der Waals surface area (Å²) in [7, 11) is 1.49. The van der Waals surface area contributed by atoms with E-state index in [9.17, 15) is 14.0 Å². The fraction of sp³-hybridized carbons (Fsp3) is 0.176. The predicted molar refractivity (Wildman–Crippen MR) is 91.3 cm³/mol. The molecule has 0 aliphatic carbocycles. The molecule has 0 aromatic heterocycles. The van der Waals surface area contributed by atoms with Crippen LogP contribution in [0, 0.1) is 5.82 Å². The highest BCUT2D eigenvalue weighted by molar-refractivity contribution is 6.33. The second-order valence-electron chi connectivity index (χ2n) is 4.98. The van der Waals surface area contributed by atoms with Gasteiger partial charge in [-0.25, -0.2) is 4.39 Å². The van der Waals surface area contributed by atoms with E-state index in [1.165, 1.54) is 25.2 Å². The summed E-state index contributed by atoms with van der Waals surface area (Å²) in [5.41, 5.74) is 0.694. The van der Waals surface area contributed by atoms with Crippen molar-refractivity contribution in [3.05, 3.63) is 64.9 Å². The number of hydrogen-bond acceptors (Lipinski definition) is 3. The number of amides is 2. The molecule has 0 spiro atoms. The van der Waals surface area contributed by atoms with Crippen molar-refractivity contribution in [1.82, 2.24) is 10.6 Å². The SMILES string of the molecule is CNC(=O)[C@@H](NC(=O)CNc1c(F)cccc1Cl)c1ccccc1. The Bertz CT molecular complexity index is 705. The van der Waals surface area contributed by atoms with Gasteiger partial charge in [-0.1, -0.05) is 48.0 Å². The Morgan fingerprint density at radius 1 is 1.12 bits per heavy atom. The average Bonchev–Trinajstić information content (AvgIpc) is 2.59. The maximum absolute atomic E-state index is 13.7. The number of rotatable bonds is 6. The summed E-state index contributed by atoms with van der Waals surface area (Å²) < 4.78 is 13.7. The van der Waals surface area contributed by atoms with Crippen LogP contribution in [0.3, 0.4) is 0 Å². The number of halogens is 2. The minimum Gasteiger partial charge on any atom is -0.373 e. The maximum Gasteiger partial charge on any atom is 0.246 e. The quantitative estimate of drug-likeness (QED) is 0.750. The van der Waals surface area contributed by atoms with Crippen molar-refractivity contribution in [2.45, 2.75) is 6.04 Å². The molecule has 2 rings (SSSR count). The molecule has 7 heteroatoms. The molecule has 0 aliphatic rings. The summed E-state index contributed by atoms with van der Waals surface area (Å²) in [5.74, 6) is -1.37. The summed E-state index contributed by atoms with van der Waals surface area (Å²) in [5, 5.41) is 7.94. The van der Waals surface area contributed by atoms with Gasteiger partial charge in [-0.05, 0) is 17.7 Å². The van der Waals surface area contributed by atoms with Gasteiger partial charge in [-0.3, -0.25) is 9.59 Å². The van der Waals surface area contributed by atoms with Gasteiger partial charge in [-0.2, -0.15) is 0 Å². The number of nitrogens with one attached hydrogen (secondary N) is 3. The molecule has 24 heavy (non-hydrogen) atoms. The lowest BCUT2D eigenvalue weighted by molar-refractivity contribution is -0.128. The lowest BCUT2D eigenvalue weighted by Crippen LogP contribution is -2.41. The van der Waals surface area contributed by atoms with Crippen LogP contribution in [0.15, 0.2) is 48.5 Å². The summed E-state index contributed by atoms with van der Waals surface area (Å²) in [6.45, 7) is -0.221. The number of likely N-dealkylation sites (N-methyl/N-ethyl adjacent to an activating group) is 1. The second-order valence-corrected chi connectivity index (χ2v) is 5.38. The van der Waals surface area contributed by atoms with Crippen LogP contribution in [0.25, 0.3) is 0 Å². The molecule has 0 unspecified atom stereocenters. The Kier molecular flexibility index (Phi) is 6.14. The fourth-order valence-electron chi connectivity index (χ4n) is 2.14. The first kappa shape index (κ1) is 17.7. The number of carbonyl (C=O) groups excluding carboxylic acids is 2. The monoisotopic (exact) mass is 349 g/mol. The smallest absolute Gasteiger partial charge is 0.246 e. The van der Waals surface area contributed by atoms with E-state index in [4.69, 9.17) is 11.6 Å². The van der Waals surface area contributed by atoms with Crippen molar-refractivity contribution in [3.8, 4) is 0 Å². The third-order valence-electron chi connectivity index (χ3n) is 3.34. The predicted octanol–water partition coefficient (Wildman–Crippen LogP) is 2.49. The van der Waals surface area contributed by atoms with Gasteiger partial charge >= 0.3 is 0 Å². The van der Waals surface area contributed by atoms with Gasteiger partial charge in [0, 0.05) is 7.05 Å². The standard InChI is InChI=1S/C17H17ClFN3O2/c1-20-17(24)15(11-6-3-2-4-7-11)22-14(23)10-21-16-12(18)8-5-9-13(16)19/h2-9,15,21H,10H2,1H3,(H,20,24)(H,22,23)/t15-/m0/s1. The number of benzene rings is 2. The number of para-hydroxylation sites is 1. The highest BCUT2D eigenvalue weighted by Gasteiger charge is 2.21. The number of carbonyl (C=O) groups is 2. The van der Waals surface area contributed by atoms with E-state index in [0.717, 1.165) is 0 Å².